The molecule has 1 saturated heterocycles. The monoisotopic (exact) mass is 422 g/mol. The van der Waals surface area contributed by atoms with Gasteiger partial charge in [0.2, 0.25) is 5.91 Å². The van der Waals surface area contributed by atoms with Crippen LogP contribution in [0, 0.1) is 13.8 Å². The highest BCUT2D eigenvalue weighted by Crippen LogP contribution is 2.31. The minimum Gasteiger partial charge on any atom is -0.492 e. The van der Waals surface area contributed by atoms with Crippen molar-refractivity contribution in [1.29, 1.82) is 0 Å². The molecule has 28 heavy (non-hydrogen) atoms. The summed E-state index contributed by atoms with van der Waals surface area (Å²) in [7, 11) is 0. The van der Waals surface area contributed by atoms with Crippen molar-refractivity contribution in [2.75, 3.05) is 37.7 Å². The van der Waals surface area contributed by atoms with E-state index in [9.17, 15) is 4.79 Å². The number of hydrogen-bond donors (Lipinski definition) is 0. The first-order chi connectivity index (χ1) is 13.4. The van der Waals surface area contributed by atoms with E-state index in [4.69, 9.17) is 27.9 Å². The van der Waals surface area contributed by atoms with Crippen molar-refractivity contribution >= 4 is 34.9 Å². The van der Waals surface area contributed by atoms with Crippen LogP contribution in [0.2, 0.25) is 10.0 Å². The Hall–Kier alpha value is -2.05. The van der Waals surface area contributed by atoms with Crippen molar-refractivity contribution in [2.24, 2.45) is 0 Å². The molecule has 1 aromatic heterocycles. The Bertz CT molecular complexity index is 819. The van der Waals surface area contributed by atoms with Gasteiger partial charge in [-0.1, -0.05) is 29.3 Å². The van der Waals surface area contributed by atoms with Gasteiger partial charge in [-0.3, -0.25) is 4.79 Å². The zero-order valence-electron chi connectivity index (χ0n) is 16.1. The van der Waals surface area contributed by atoms with Crippen LogP contribution in [0.25, 0.3) is 0 Å². The molecule has 1 aromatic carbocycles. The number of carbonyl (C=O) groups is 1. The molecule has 2 aromatic rings. The molecular formula is C20H24Cl2N4O2. The molecular weight excluding hydrogens is 399 g/mol. The van der Waals surface area contributed by atoms with Crippen LogP contribution in [-0.4, -0.2) is 53.6 Å². The van der Waals surface area contributed by atoms with Gasteiger partial charge in [-0.25, -0.2) is 9.97 Å². The normalized spacial score (nSPS) is 14.3. The molecule has 0 unspecified atom stereocenters. The summed E-state index contributed by atoms with van der Waals surface area (Å²) in [4.78, 5) is 25.4. The number of halogens is 2. The average molecular weight is 423 g/mol. The van der Waals surface area contributed by atoms with Gasteiger partial charge < -0.3 is 14.5 Å². The van der Waals surface area contributed by atoms with E-state index in [1.165, 1.54) is 0 Å². The van der Waals surface area contributed by atoms with E-state index in [1.807, 2.05) is 24.8 Å². The Kier molecular flexibility index (Phi) is 6.97. The second kappa shape index (κ2) is 9.43. The lowest BCUT2D eigenvalue weighted by Gasteiger charge is -2.35. The topological polar surface area (TPSA) is 58.6 Å². The fourth-order valence-electron chi connectivity index (χ4n) is 3.20. The number of piperazine rings is 1. The van der Waals surface area contributed by atoms with Crippen LogP contribution in [0.1, 0.15) is 24.4 Å². The molecule has 1 fully saturated rings. The van der Waals surface area contributed by atoms with Gasteiger partial charge >= 0.3 is 0 Å². The molecule has 8 heteroatoms. The Balaban J connectivity index is 1.42. The summed E-state index contributed by atoms with van der Waals surface area (Å²) < 4.78 is 5.64. The standard InChI is InChI=1S/C20H24Cl2N4O2/c1-14-13-18(24-15(2)23-14)25-8-10-26(11-9-25)19(27)7-4-12-28-17-6-3-5-16(21)20(17)22/h3,5-6,13H,4,7-12H2,1-2H3. The van der Waals surface area contributed by atoms with E-state index in [0.717, 1.165) is 30.4 Å². The zero-order chi connectivity index (χ0) is 20.1. The smallest absolute Gasteiger partial charge is 0.222 e. The van der Waals surface area contributed by atoms with Gasteiger partial charge in [-0.05, 0) is 32.4 Å². The molecule has 0 aliphatic carbocycles. The van der Waals surface area contributed by atoms with Crippen molar-refractivity contribution in [3.8, 4) is 5.75 Å². The molecule has 0 atom stereocenters. The lowest BCUT2D eigenvalue weighted by Crippen LogP contribution is -2.49. The number of carbonyl (C=O) groups excluding carboxylic acids is 1. The number of anilines is 1. The second-order valence-corrected chi connectivity index (χ2v) is 7.57. The highest BCUT2D eigenvalue weighted by molar-refractivity contribution is 6.42. The molecule has 150 valence electrons. The van der Waals surface area contributed by atoms with E-state index >= 15 is 0 Å². The van der Waals surface area contributed by atoms with Crippen molar-refractivity contribution < 1.29 is 9.53 Å². The zero-order valence-corrected chi connectivity index (χ0v) is 17.6. The first-order valence-corrected chi connectivity index (χ1v) is 10.1. The van der Waals surface area contributed by atoms with Crippen LogP contribution in [0.15, 0.2) is 24.3 Å². The van der Waals surface area contributed by atoms with Crippen molar-refractivity contribution in [3.63, 3.8) is 0 Å². The molecule has 1 amide bonds. The SMILES string of the molecule is Cc1cc(N2CCN(C(=O)CCCOc3cccc(Cl)c3Cl)CC2)nc(C)n1. The van der Waals surface area contributed by atoms with Gasteiger partial charge in [0.1, 0.15) is 22.4 Å². The highest BCUT2D eigenvalue weighted by atomic mass is 35.5. The number of ether oxygens (including phenoxy) is 1. The lowest BCUT2D eigenvalue weighted by atomic mass is 10.2. The molecule has 0 saturated carbocycles. The largest absolute Gasteiger partial charge is 0.492 e. The van der Waals surface area contributed by atoms with E-state index in [0.29, 0.717) is 48.3 Å². The molecule has 2 heterocycles. The van der Waals surface area contributed by atoms with Gasteiger partial charge in [-0.15, -0.1) is 0 Å². The van der Waals surface area contributed by atoms with Crippen LogP contribution in [0.4, 0.5) is 5.82 Å². The molecule has 0 radical (unpaired) electrons. The maximum absolute atomic E-state index is 12.5. The summed E-state index contributed by atoms with van der Waals surface area (Å²) in [5.74, 6) is 2.40. The summed E-state index contributed by atoms with van der Waals surface area (Å²) >= 11 is 12.1. The maximum atomic E-state index is 12.5. The quantitative estimate of drug-likeness (QED) is 0.660. The predicted molar refractivity (Wildman–Crippen MR) is 111 cm³/mol. The molecule has 6 nitrogen and oxygen atoms in total. The summed E-state index contributed by atoms with van der Waals surface area (Å²) in [6.45, 7) is 7.23. The highest BCUT2D eigenvalue weighted by Gasteiger charge is 2.22. The van der Waals surface area contributed by atoms with E-state index in [1.54, 1.807) is 18.2 Å². The first kappa shape index (κ1) is 20.7. The van der Waals surface area contributed by atoms with Crippen LogP contribution < -0.4 is 9.64 Å². The number of hydrogen-bond acceptors (Lipinski definition) is 5. The van der Waals surface area contributed by atoms with Gasteiger partial charge in [0.25, 0.3) is 0 Å². The van der Waals surface area contributed by atoms with Gasteiger partial charge in [0.05, 0.1) is 11.6 Å². The summed E-state index contributed by atoms with van der Waals surface area (Å²) in [6, 6.07) is 7.26. The van der Waals surface area contributed by atoms with Crippen LogP contribution >= 0.6 is 23.2 Å². The second-order valence-electron chi connectivity index (χ2n) is 6.79. The number of aromatic nitrogens is 2. The van der Waals surface area contributed by atoms with Crippen molar-refractivity contribution in [1.82, 2.24) is 14.9 Å². The molecule has 0 spiro atoms. The number of rotatable bonds is 6. The van der Waals surface area contributed by atoms with E-state index < -0.39 is 0 Å². The number of amides is 1. The third-order valence-corrected chi connectivity index (χ3v) is 5.42. The number of nitrogens with zero attached hydrogens (tertiary/aromatic N) is 4. The van der Waals surface area contributed by atoms with Crippen molar-refractivity contribution in [3.05, 3.63) is 45.8 Å². The maximum Gasteiger partial charge on any atom is 0.222 e. The molecule has 1 aliphatic heterocycles. The Morgan fingerprint density at radius 3 is 2.61 bits per heavy atom. The fourth-order valence-corrected chi connectivity index (χ4v) is 3.55. The van der Waals surface area contributed by atoms with E-state index in [-0.39, 0.29) is 5.91 Å². The molecule has 0 bridgehead atoms. The fraction of sp³-hybridized carbons (Fsp3) is 0.450. The van der Waals surface area contributed by atoms with Crippen LogP contribution in [0.3, 0.4) is 0 Å². The predicted octanol–water partition coefficient (Wildman–Crippen LogP) is 3.91. The average Bonchev–Trinajstić information content (AvgIpc) is 2.67. The summed E-state index contributed by atoms with van der Waals surface area (Å²) in [6.07, 6.45) is 1.08. The molecule has 1 aliphatic rings. The lowest BCUT2D eigenvalue weighted by molar-refractivity contribution is -0.131. The molecule has 0 N–H and O–H groups in total. The van der Waals surface area contributed by atoms with E-state index in [2.05, 4.69) is 14.9 Å². The van der Waals surface area contributed by atoms with Crippen molar-refractivity contribution in [2.45, 2.75) is 26.7 Å². The van der Waals surface area contributed by atoms with Gasteiger partial charge in [0.15, 0.2) is 0 Å². The van der Waals surface area contributed by atoms with Crippen LogP contribution in [0.5, 0.6) is 5.75 Å². The first-order valence-electron chi connectivity index (χ1n) is 9.36. The van der Waals surface area contributed by atoms with Crippen LogP contribution in [-0.2, 0) is 4.79 Å². The van der Waals surface area contributed by atoms with Gasteiger partial charge in [0, 0.05) is 44.4 Å². The summed E-state index contributed by atoms with van der Waals surface area (Å²) in [5, 5.41) is 0.865. The Labute approximate surface area is 175 Å². The van der Waals surface area contributed by atoms with Gasteiger partial charge in [-0.2, -0.15) is 0 Å². The Morgan fingerprint density at radius 1 is 1.14 bits per heavy atom. The third kappa shape index (κ3) is 5.26. The molecule has 3 rings (SSSR count). The Morgan fingerprint density at radius 2 is 1.89 bits per heavy atom. The summed E-state index contributed by atoms with van der Waals surface area (Å²) in [5.41, 5.74) is 0.959. The minimum absolute atomic E-state index is 0.149. The number of aryl methyl sites for hydroxylation is 2. The third-order valence-electron chi connectivity index (χ3n) is 4.62. The minimum atomic E-state index is 0.149. The number of benzene rings is 1.